The zero-order valence-corrected chi connectivity index (χ0v) is 12.4. The zero-order valence-electron chi connectivity index (χ0n) is 12.4. The van der Waals surface area contributed by atoms with Crippen LogP contribution in [0.5, 0.6) is 0 Å². The van der Waals surface area contributed by atoms with E-state index in [1.54, 1.807) is 0 Å². The maximum absolute atomic E-state index is 6.30. The molecule has 0 saturated carbocycles. The fraction of sp³-hybridized carbons (Fsp3) is 0.294. The lowest BCUT2D eigenvalue weighted by Gasteiger charge is -2.25. The summed E-state index contributed by atoms with van der Waals surface area (Å²) in [5, 5.41) is 0. The van der Waals surface area contributed by atoms with Gasteiger partial charge < -0.3 is 11.5 Å². The quantitative estimate of drug-likeness (QED) is 0.661. The molecule has 2 radical (unpaired) electrons. The standard InChI is InChI=1S/C17H21BN2/c1-4-12-13(6-5-7-16(12)19)14-10-11(18)8-9-15(14)17(2,3)20/h5-10H,4,19-20H2,1-3H3. The maximum atomic E-state index is 6.30. The lowest BCUT2D eigenvalue weighted by atomic mass is 9.81. The molecule has 2 aromatic carbocycles. The highest BCUT2D eigenvalue weighted by molar-refractivity contribution is 6.32. The number of benzene rings is 2. The summed E-state index contributed by atoms with van der Waals surface area (Å²) in [6.07, 6.45) is 0.876. The largest absolute Gasteiger partial charge is 0.398 e. The number of anilines is 1. The first-order chi connectivity index (χ1) is 9.34. The summed E-state index contributed by atoms with van der Waals surface area (Å²) < 4.78 is 0. The van der Waals surface area contributed by atoms with Crippen LogP contribution in [0, 0.1) is 0 Å². The van der Waals surface area contributed by atoms with Gasteiger partial charge in [0.25, 0.3) is 0 Å². The molecule has 2 rings (SSSR count). The fourth-order valence-corrected chi connectivity index (χ4v) is 2.60. The summed E-state index contributed by atoms with van der Waals surface area (Å²) in [6, 6.07) is 11.9. The topological polar surface area (TPSA) is 52.0 Å². The summed E-state index contributed by atoms with van der Waals surface area (Å²) in [4.78, 5) is 0. The summed E-state index contributed by atoms with van der Waals surface area (Å²) in [7, 11) is 5.97. The highest BCUT2D eigenvalue weighted by atomic mass is 14.7. The first kappa shape index (κ1) is 14.7. The molecule has 0 unspecified atom stereocenters. The van der Waals surface area contributed by atoms with Gasteiger partial charge in [-0.2, -0.15) is 0 Å². The van der Waals surface area contributed by atoms with Crippen molar-refractivity contribution in [2.45, 2.75) is 32.7 Å². The first-order valence-corrected chi connectivity index (χ1v) is 6.91. The summed E-state index contributed by atoms with van der Waals surface area (Å²) >= 11 is 0. The molecule has 0 aliphatic carbocycles. The Morgan fingerprint density at radius 2 is 1.80 bits per heavy atom. The van der Waals surface area contributed by atoms with E-state index < -0.39 is 5.54 Å². The van der Waals surface area contributed by atoms with Gasteiger partial charge in [-0.15, -0.1) is 0 Å². The van der Waals surface area contributed by atoms with Crippen molar-refractivity contribution in [1.29, 1.82) is 0 Å². The number of hydrogen-bond acceptors (Lipinski definition) is 2. The van der Waals surface area contributed by atoms with Gasteiger partial charge in [0.05, 0.1) is 0 Å². The third-order valence-electron chi connectivity index (χ3n) is 3.59. The molecule has 0 atom stereocenters. The number of rotatable bonds is 3. The van der Waals surface area contributed by atoms with E-state index in [1.807, 2.05) is 44.2 Å². The third kappa shape index (κ3) is 2.73. The predicted octanol–water partition coefficient (Wildman–Crippen LogP) is 2.49. The lowest BCUT2D eigenvalue weighted by molar-refractivity contribution is 0.556. The molecule has 0 heterocycles. The van der Waals surface area contributed by atoms with Crippen LogP contribution in [0.1, 0.15) is 31.9 Å². The van der Waals surface area contributed by atoms with Gasteiger partial charge in [-0.3, -0.25) is 0 Å². The zero-order chi connectivity index (χ0) is 14.9. The Morgan fingerprint density at radius 3 is 2.40 bits per heavy atom. The second kappa shape index (κ2) is 5.33. The number of nitrogen functional groups attached to an aromatic ring is 1. The Balaban J connectivity index is 2.76. The number of nitrogens with two attached hydrogens (primary N) is 2. The van der Waals surface area contributed by atoms with Crippen LogP contribution in [0.3, 0.4) is 0 Å². The summed E-state index contributed by atoms with van der Waals surface area (Å²) in [5.41, 5.74) is 17.9. The van der Waals surface area contributed by atoms with Crippen LogP contribution in [0.15, 0.2) is 36.4 Å². The Bertz CT molecular complexity index is 627. The van der Waals surface area contributed by atoms with Crippen molar-refractivity contribution in [3.8, 4) is 11.1 Å². The molecule has 0 aromatic heterocycles. The molecule has 0 bridgehead atoms. The normalized spacial score (nSPS) is 11.6. The molecule has 102 valence electrons. The number of hydrogen-bond donors (Lipinski definition) is 2. The van der Waals surface area contributed by atoms with Crippen LogP contribution in [0.4, 0.5) is 5.69 Å². The average Bonchev–Trinajstić information content (AvgIpc) is 2.36. The van der Waals surface area contributed by atoms with Gasteiger partial charge in [0.1, 0.15) is 7.85 Å². The Morgan fingerprint density at radius 1 is 1.10 bits per heavy atom. The van der Waals surface area contributed by atoms with Crippen molar-refractivity contribution in [2.75, 3.05) is 5.73 Å². The molecule has 0 aliphatic heterocycles. The van der Waals surface area contributed by atoms with Crippen molar-refractivity contribution in [3.63, 3.8) is 0 Å². The fourth-order valence-electron chi connectivity index (χ4n) is 2.60. The van der Waals surface area contributed by atoms with Gasteiger partial charge in [-0.25, -0.2) is 0 Å². The molecule has 3 heteroatoms. The minimum absolute atomic E-state index is 0.432. The van der Waals surface area contributed by atoms with Gasteiger partial charge in [-0.1, -0.05) is 42.7 Å². The molecule has 2 aromatic rings. The molecule has 20 heavy (non-hydrogen) atoms. The highest BCUT2D eigenvalue weighted by Crippen LogP contribution is 2.34. The predicted molar refractivity (Wildman–Crippen MR) is 88.3 cm³/mol. The van der Waals surface area contributed by atoms with Crippen molar-refractivity contribution in [2.24, 2.45) is 5.73 Å². The molecule has 2 nitrogen and oxygen atoms in total. The maximum Gasteiger partial charge on any atom is 0.113 e. The highest BCUT2D eigenvalue weighted by Gasteiger charge is 2.20. The van der Waals surface area contributed by atoms with Gasteiger partial charge in [0.15, 0.2) is 0 Å². The van der Waals surface area contributed by atoms with Crippen LogP contribution in [0.2, 0.25) is 0 Å². The van der Waals surface area contributed by atoms with Gasteiger partial charge in [-0.05, 0) is 48.6 Å². The van der Waals surface area contributed by atoms with Gasteiger partial charge >= 0.3 is 0 Å². The van der Waals surface area contributed by atoms with E-state index in [9.17, 15) is 0 Å². The van der Waals surface area contributed by atoms with Crippen LogP contribution in [-0.2, 0) is 12.0 Å². The molecule has 0 fully saturated rings. The van der Waals surface area contributed by atoms with Crippen molar-refractivity contribution in [3.05, 3.63) is 47.5 Å². The smallest absolute Gasteiger partial charge is 0.113 e. The van der Waals surface area contributed by atoms with E-state index in [0.717, 1.165) is 39.8 Å². The molecular formula is C17H21BN2. The minimum Gasteiger partial charge on any atom is -0.398 e. The molecular weight excluding hydrogens is 243 g/mol. The molecule has 0 aliphatic rings. The molecule has 0 saturated heterocycles. The van der Waals surface area contributed by atoms with E-state index >= 15 is 0 Å². The second-order valence-corrected chi connectivity index (χ2v) is 5.75. The Labute approximate surface area is 122 Å². The average molecular weight is 264 g/mol. The lowest BCUT2D eigenvalue weighted by Crippen LogP contribution is -2.30. The van der Waals surface area contributed by atoms with E-state index in [-0.39, 0.29) is 0 Å². The van der Waals surface area contributed by atoms with E-state index in [0.29, 0.717) is 0 Å². The summed E-state index contributed by atoms with van der Waals surface area (Å²) in [6.45, 7) is 6.11. The second-order valence-electron chi connectivity index (χ2n) is 5.75. The van der Waals surface area contributed by atoms with E-state index in [1.165, 1.54) is 0 Å². The van der Waals surface area contributed by atoms with Crippen LogP contribution >= 0.6 is 0 Å². The van der Waals surface area contributed by atoms with Crippen molar-refractivity contribution in [1.82, 2.24) is 0 Å². The molecule has 4 N–H and O–H groups in total. The Hall–Kier alpha value is -1.74. The van der Waals surface area contributed by atoms with E-state index in [2.05, 4.69) is 13.0 Å². The SMILES string of the molecule is [B]c1ccc(C(C)(C)N)c(-c2cccc(N)c2CC)c1. The minimum atomic E-state index is -0.432. The van der Waals surface area contributed by atoms with Crippen LogP contribution < -0.4 is 16.9 Å². The third-order valence-corrected chi connectivity index (χ3v) is 3.59. The van der Waals surface area contributed by atoms with Crippen LogP contribution in [-0.4, -0.2) is 7.85 Å². The van der Waals surface area contributed by atoms with Crippen molar-refractivity contribution >= 4 is 19.0 Å². The van der Waals surface area contributed by atoms with Crippen LogP contribution in [0.25, 0.3) is 11.1 Å². The van der Waals surface area contributed by atoms with Crippen molar-refractivity contribution < 1.29 is 0 Å². The summed E-state index contributed by atoms with van der Waals surface area (Å²) in [5.74, 6) is 0. The molecule has 0 amide bonds. The molecule has 0 spiro atoms. The monoisotopic (exact) mass is 264 g/mol. The first-order valence-electron chi connectivity index (χ1n) is 6.91. The van der Waals surface area contributed by atoms with Gasteiger partial charge in [0, 0.05) is 11.2 Å². The van der Waals surface area contributed by atoms with Gasteiger partial charge in [0.2, 0.25) is 0 Å². The van der Waals surface area contributed by atoms with E-state index in [4.69, 9.17) is 19.3 Å². The Kier molecular flexibility index (Phi) is 3.91.